The first-order chi connectivity index (χ1) is 14.0. The minimum Gasteiger partial charge on any atom is -0.385 e. The third-order valence-electron chi connectivity index (χ3n) is 4.39. The summed E-state index contributed by atoms with van der Waals surface area (Å²) in [6.07, 6.45) is 1.03. The highest BCUT2D eigenvalue weighted by atomic mass is 127. The van der Waals surface area contributed by atoms with Crippen LogP contribution in [-0.4, -0.2) is 96.3 Å². The molecule has 0 aliphatic heterocycles. The zero-order valence-corrected chi connectivity index (χ0v) is 21.4. The van der Waals surface area contributed by atoms with Crippen LogP contribution in [0.5, 0.6) is 0 Å². The molecule has 0 atom stereocenters. The fraction of sp³-hybridized carbons (Fsp3) is 0.619. The van der Waals surface area contributed by atoms with Crippen molar-refractivity contribution >= 4 is 35.8 Å². The molecule has 0 bridgehead atoms. The third kappa shape index (κ3) is 13.0. The lowest BCUT2D eigenvalue weighted by molar-refractivity contribution is 0.0951. The summed E-state index contributed by atoms with van der Waals surface area (Å²) in [5, 5.41) is 9.56. The predicted molar refractivity (Wildman–Crippen MR) is 135 cm³/mol. The van der Waals surface area contributed by atoms with Crippen LogP contribution in [0.15, 0.2) is 29.3 Å². The molecule has 0 unspecified atom stereocenters. The molecule has 0 aromatic heterocycles. The number of carbonyl (C=O) groups is 1. The van der Waals surface area contributed by atoms with Crippen LogP contribution in [0, 0.1) is 0 Å². The average Bonchev–Trinajstić information content (AvgIpc) is 2.70. The van der Waals surface area contributed by atoms with Crippen LogP contribution in [0.1, 0.15) is 22.3 Å². The Bertz CT molecular complexity index is 627. The fourth-order valence-electron chi connectivity index (χ4n) is 2.68. The Balaban J connectivity index is 0.00000841. The second-order valence-corrected chi connectivity index (χ2v) is 7.26. The van der Waals surface area contributed by atoms with Crippen molar-refractivity contribution in [2.75, 3.05) is 74.6 Å². The first kappa shape index (κ1) is 28.6. The van der Waals surface area contributed by atoms with Crippen LogP contribution in [0.4, 0.5) is 0 Å². The van der Waals surface area contributed by atoms with Gasteiger partial charge in [-0.1, -0.05) is 12.1 Å². The lowest BCUT2D eigenvalue weighted by Gasteiger charge is -2.18. The van der Waals surface area contributed by atoms with Gasteiger partial charge in [0.1, 0.15) is 0 Å². The number of likely N-dealkylation sites (N-methyl/N-ethyl adjacent to an activating group) is 2. The number of ether oxygens (including phenoxy) is 1. The molecule has 1 rings (SSSR count). The van der Waals surface area contributed by atoms with Crippen molar-refractivity contribution in [3.63, 3.8) is 0 Å². The molecule has 3 N–H and O–H groups in total. The van der Waals surface area contributed by atoms with Gasteiger partial charge in [-0.3, -0.25) is 9.79 Å². The van der Waals surface area contributed by atoms with Gasteiger partial charge in [0.15, 0.2) is 5.96 Å². The number of amides is 1. The number of methoxy groups -OCH3 is 1. The van der Waals surface area contributed by atoms with E-state index in [0.29, 0.717) is 18.7 Å². The highest BCUT2D eigenvalue weighted by molar-refractivity contribution is 14.0. The maximum Gasteiger partial charge on any atom is 0.251 e. The summed E-state index contributed by atoms with van der Waals surface area (Å²) in [6, 6.07) is 7.65. The fourth-order valence-corrected chi connectivity index (χ4v) is 2.68. The molecule has 0 radical (unpaired) electrons. The number of hydrogen-bond acceptors (Lipinski definition) is 5. The van der Waals surface area contributed by atoms with E-state index in [0.717, 1.165) is 50.7 Å². The van der Waals surface area contributed by atoms with Crippen molar-refractivity contribution < 1.29 is 9.53 Å². The minimum absolute atomic E-state index is 0. The number of aliphatic imine (C=N–C) groups is 1. The zero-order chi connectivity index (χ0) is 21.5. The molecular formula is C21H39IN6O2. The van der Waals surface area contributed by atoms with Crippen molar-refractivity contribution in [2.45, 2.75) is 13.0 Å². The quantitative estimate of drug-likeness (QED) is 0.153. The molecule has 1 aromatic rings. The van der Waals surface area contributed by atoms with Crippen molar-refractivity contribution in [3.05, 3.63) is 35.4 Å². The molecule has 0 aliphatic carbocycles. The summed E-state index contributed by atoms with van der Waals surface area (Å²) in [7, 11) is 9.55. The SMILES string of the molecule is CN=C(NCCN(C)CCCOC)NCc1cccc(C(=O)NCCN(C)C)c1.I. The molecule has 0 saturated carbocycles. The smallest absolute Gasteiger partial charge is 0.251 e. The van der Waals surface area contributed by atoms with Gasteiger partial charge in [-0.05, 0) is 45.3 Å². The molecule has 8 nitrogen and oxygen atoms in total. The molecule has 0 fully saturated rings. The summed E-state index contributed by atoms with van der Waals surface area (Å²) in [4.78, 5) is 20.8. The summed E-state index contributed by atoms with van der Waals surface area (Å²) >= 11 is 0. The number of hydrogen-bond donors (Lipinski definition) is 3. The Hall–Kier alpha value is -1.43. The molecule has 0 saturated heterocycles. The van der Waals surface area contributed by atoms with Gasteiger partial charge in [-0.15, -0.1) is 24.0 Å². The molecule has 1 aromatic carbocycles. The number of benzene rings is 1. The standard InChI is InChI=1S/C21H38N6O2.HI/c1-22-21(24-11-14-27(4)12-7-15-29-5)25-17-18-8-6-9-19(16-18)20(28)23-10-13-26(2)3;/h6,8-9,16H,7,10-15,17H2,1-5H3,(H,23,28)(H2,22,24,25);1H. The Labute approximate surface area is 198 Å². The molecule has 0 spiro atoms. The number of guanidine groups is 1. The number of halogens is 1. The van der Waals surface area contributed by atoms with E-state index in [-0.39, 0.29) is 29.9 Å². The number of nitrogens with one attached hydrogen (secondary N) is 3. The molecule has 0 aliphatic rings. The van der Waals surface area contributed by atoms with E-state index < -0.39 is 0 Å². The van der Waals surface area contributed by atoms with E-state index in [9.17, 15) is 4.79 Å². The van der Waals surface area contributed by atoms with E-state index in [1.807, 2.05) is 43.3 Å². The Kier molecular flexibility index (Phi) is 16.4. The normalized spacial score (nSPS) is 11.4. The molecule has 1 amide bonds. The first-order valence-corrected chi connectivity index (χ1v) is 10.1. The largest absolute Gasteiger partial charge is 0.385 e. The highest BCUT2D eigenvalue weighted by Crippen LogP contribution is 2.05. The highest BCUT2D eigenvalue weighted by Gasteiger charge is 2.07. The Morgan fingerprint density at radius 2 is 1.80 bits per heavy atom. The van der Waals surface area contributed by atoms with Crippen LogP contribution in [-0.2, 0) is 11.3 Å². The Morgan fingerprint density at radius 1 is 1.07 bits per heavy atom. The van der Waals surface area contributed by atoms with E-state index in [4.69, 9.17) is 4.74 Å². The van der Waals surface area contributed by atoms with Gasteiger partial charge in [-0.25, -0.2) is 0 Å². The number of rotatable bonds is 13. The number of carbonyl (C=O) groups excluding carboxylic acids is 1. The van der Waals surface area contributed by atoms with Crippen molar-refractivity contribution in [1.82, 2.24) is 25.8 Å². The van der Waals surface area contributed by atoms with Gasteiger partial charge in [0.25, 0.3) is 5.91 Å². The maximum atomic E-state index is 12.3. The average molecular weight is 534 g/mol. The van der Waals surface area contributed by atoms with Gasteiger partial charge >= 0.3 is 0 Å². The van der Waals surface area contributed by atoms with Crippen molar-refractivity contribution in [2.24, 2.45) is 4.99 Å². The van der Waals surface area contributed by atoms with Gasteiger partial charge in [0, 0.05) is 65.6 Å². The Morgan fingerprint density at radius 3 is 2.47 bits per heavy atom. The molecule has 9 heteroatoms. The van der Waals surface area contributed by atoms with Gasteiger partial charge in [0.05, 0.1) is 0 Å². The second-order valence-electron chi connectivity index (χ2n) is 7.26. The van der Waals surface area contributed by atoms with Crippen molar-refractivity contribution in [3.8, 4) is 0 Å². The molecular weight excluding hydrogens is 495 g/mol. The minimum atomic E-state index is -0.0484. The van der Waals surface area contributed by atoms with Gasteiger partial charge in [-0.2, -0.15) is 0 Å². The summed E-state index contributed by atoms with van der Waals surface area (Å²) in [5.41, 5.74) is 1.70. The van der Waals surface area contributed by atoms with Crippen LogP contribution in [0.25, 0.3) is 0 Å². The summed E-state index contributed by atoms with van der Waals surface area (Å²) < 4.78 is 5.08. The van der Waals surface area contributed by atoms with E-state index in [1.165, 1.54) is 0 Å². The second kappa shape index (κ2) is 17.3. The van der Waals surface area contributed by atoms with E-state index in [1.54, 1.807) is 14.2 Å². The van der Waals surface area contributed by atoms with Crippen molar-refractivity contribution in [1.29, 1.82) is 0 Å². The zero-order valence-electron chi connectivity index (χ0n) is 19.0. The third-order valence-corrected chi connectivity index (χ3v) is 4.39. The van der Waals surface area contributed by atoms with Gasteiger partial charge in [0.2, 0.25) is 0 Å². The first-order valence-electron chi connectivity index (χ1n) is 10.1. The lowest BCUT2D eigenvalue weighted by Crippen LogP contribution is -2.40. The molecule has 30 heavy (non-hydrogen) atoms. The van der Waals surface area contributed by atoms with Crippen LogP contribution in [0.3, 0.4) is 0 Å². The number of nitrogens with zero attached hydrogens (tertiary/aromatic N) is 3. The monoisotopic (exact) mass is 534 g/mol. The van der Waals surface area contributed by atoms with E-state index >= 15 is 0 Å². The molecule has 172 valence electrons. The van der Waals surface area contributed by atoms with Crippen LogP contribution in [0.2, 0.25) is 0 Å². The summed E-state index contributed by atoms with van der Waals surface area (Å²) in [5.74, 6) is 0.698. The lowest BCUT2D eigenvalue weighted by atomic mass is 10.1. The predicted octanol–water partition coefficient (Wildman–Crippen LogP) is 1.23. The summed E-state index contributed by atoms with van der Waals surface area (Å²) in [6.45, 7) is 5.56. The van der Waals surface area contributed by atoms with Gasteiger partial charge < -0.3 is 30.5 Å². The van der Waals surface area contributed by atoms with Crippen LogP contribution < -0.4 is 16.0 Å². The van der Waals surface area contributed by atoms with E-state index in [2.05, 4.69) is 32.9 Å². The molecule has 0 heterocycles. The van der Waals surface area contributed by atoms with Crippen LogP contribution >= 0.6 is 24.0 Å². The maximum absolute atomic E-state index is 12.3. The topological polar surface area (TPSA) is 81.2 Å².